The Morgan fingerprint density at radius 3 is 1.94 bits per heavy atom. The molecule has 0 spiro atoms. The van der Waals surface area contributed by atoms with Crippen molar-refractivity contribution in [1.29, 1.82) is 0 Å². The predicted octanol–water partition coefficient (Wildman–Crippen LogP) is 17.6. The second kappa shape index (κ2) is 16.5. The van der Waals surface area contributed by atoms with Crippen molar-refractivity contribution in [3.8, 4) is 55.8 Å². The summed E-state index contributed by atoms with van der Waals surface area (Å²) in [7, 11) is 0. The maximum absolute atomic E-state index is 5.36. The molecule has 0 fully saturated rings. The highest BCUT2D eigenvalue weighted by Gasteiger charge is 2.21. The molecule has 9 aromatic carbocycles. The van der Waals surface area contributed by atoms with E-state index in [0.29, 0.717) is 5.92 Å². The first-order chi connectivity index (χ1) is 33.2. The lowest BCUT2D eigenvalue weighted by atomic mass is 9.84. The number of aryl methyl sites for hydroxylation is 1. The second-order valence-electron chi connectivity index (χ2n) is 18.0. The van der Waals surface area contributed by atoms with Gasteiger partial charge in [-0.3, -0.25) is 4.98 Å². The maximum atomic E-state index is 5.36. The van der Waals surface area contributed by atoms with Crippen LogP contribution in [0.5, 0.6) is 0 Å². The summed E-state index contributed by atoms with van der Waals surface area (Å²) in [6.07, 6.45) is 16.4. The third kappa shape index (κ3) is 7.11. The molecule has 0 saturated carbocycles. The summed E-state index contributed by atoms with van der Waals surface area (Å²) < 4.78 is 2.60. The van der Waals surface area contributed by atoms with Crippen LogP contribution in [0.15, 0.2) is 219 Å². The van der Waals surface area contributed by atoms with Gasteiger partial charge in [-0.15, -0.1) is 11.3 Å². The van der Waals surface area contributed by atoms with Crippen molar-refractivity contribution in [2.24, 2.45) is 0 Å². The van der Waals surface area contributed by atoms with Gasteiger partial charge in [-0.25, -0.2) is 4.98 Å². The van der Waals surface area contributed by atoms with Gasteiger partial charge in [0, 0.05) is 48.2 Å². The number of hydrogen-bond acceptors (Lipinski definition) is 3. The molecule has 13 rings (SSSR count). The topological polar surface area (TPSA) is 25.8 Å². The van der Waals surface area contributed by atoms with Gasteiger partial charge < -0.3 is 0 Å². The Morgan fingerprint density at radius 2 is 1.13 bits per heavy atom. The van der Waals surface area contributed by atoms with E-state index in [4.69, 9.17) is 9.97 Å². The second-order valence-corrected chi connectivity index (χ2v) is 19.0. The number of fused-ring (bicyclic) bond motifs is 9. The summed E-state index contributed by atoms with van der Waals surface area (Å²) >= 11 is 1.90. The van der Waals surface area contributed by atoms with Crippen LogP contribution in [-0.2, 0) is 6.42 Å². The van der Waals surface area contributed by atoms with Crippen LogP contribution >= 0.6 is 11.3 Å². The molecule has 316 valence electrons. The number of hydrogen-bond donors (Lipinski definition) is 0. The minimum atomic E-state index is 0.326. The van der Waals surface area contributed by atoms with E-state index >= 15 is 0 Å². The number of allylic oxidation sites excluding steroid dienone is 5. The first kappa shape index (κ1) is 39.4. The predicted molar refractivity (Wildman–Crippen MR) is 285 cm³/mol. The largest absolute Gasteiger partial charge is 0.252 e. The molecule has 11 aromatic rings. The Bertz CT molecular complexity index is 3840. The molecule has 0 bridgehead atoms. The van der Waals surface area contributed by atoms with Crippen LogP contribution in [0.2, 0.25) is 0 Å². The van der Waals surface area contributed by atoms with Crippen molar-refractivity contribution in [2.45, 2.75) is 25.2 Å². The third-order valence-electron chi connectivity index (χ3n) is 13.9. The summed E-state index contributed by atoms with van der Waals surface area (Å²) in [5, 5.41) is 5.05. The average molecular weight is 873 g/mol. The maximum Gasteiger partial charge on any atom is 0.0975 e. The van der Waals surface area contributed by atoms with E-state index in [9.17, 15) is 0 Å². The van der Waals surface area contributed by atoms with Crippen LogP contribution in [0.4, 0.5) is 0 Å². The van der Waals surface area contributed by atoms with Crippen molar-refractivity contribution in [2.75, 3.05) is 0 Å². The summed E-state index contributed by atoms with van der Waals surface area (Å²) in [6, 6.07) is 69.1. The van der Waals surface area contributed by atoms with Gasteiger partial charge >= 0.3 is 0 Å². The molecule has 2 aliphatic rings. The molecular formula is C64H44N2S. The smallest absolute Gasteiger partial charge is 0.0975 e. The van der Waals surface area contributed by atoms with Crippen LogP contribution in [0.3, 0.4) is 0 Å². The molecule has 67 heavy (non-hydrogen) atoms. The molecule has 0 N–H and O–H groups in total. The van der Waals surface area contributed by atoms with E-state index in [2.05, 4.69) is 218 Å². The highest BCUT2D eigenvalue weighted by molar-refractivity contribution is 7.26. The number of benzene rings is 9. The molecule has 2 heterocycles. The zero-order valence-electron chi connectivity index (χ0n) is 36.9. The molecule has 2 aliphatic carbocycles. The number of rotatable bonds is 7. The first-order valence-electron chi connectivity index (χ1n) is 23.4. The highest BCUT2D eigenvalue weighted by atomic mass is 32.1. The Kier molecular flexibility index (Phi) is 9.68. The van der Waals surface area contributed by atoms with Crippen molar-refractivity contribution in [1.82, 2.24) is 9.97 Å². The standard InChI is InChI=1S/C64H44N2S/c1-3-15-41(16-4-1)43-19-11-21-45(33-43)49-31-32-61-58(37-49)59-39-52(48-24-12-20-44(34-48)42-17-5-2-6-18-42)38-57(64(59)67-61)50-25-13-22-46(35-50)47-23-14-26-51(36-47)60-40-65-62-55-29-9-7-27-53(55)54-28-8-10-30-56(54)63(62)66-60/h1-7,9-27,29-33,35-40,44H,8,28,34H2. The van der Waals surface area contributed by atoms with E-state index in [0.717, 1.165) is 47.1 Å². The van der Waals surface area contributed by atoms with Crippen LogP contribution in [-0.4, -0.2) is 9.97 Å². The number of aromatic nitrogens is 2. The van der Waals surface area contributed by atoms with E-state index < -0.39 is 0 Å². The van der Waals surface area contributed by atoms with Gasteiger partial charge in [0.1, 0.15) is 0 Å². The molecular weight excluding hydrogens is 829 g/mol. The summed E-state index contributed by atoms with van der Waals surface area (Å²) in [5.74, 6) is 0.326. The average Bonchev–Trinajstić information content (AvgIpc) is 3.79. The van der Waals surface area contributed by atoms with Crippen molar-refractivity contribution < 1.29 is 0 Å². The highest BCUT2D eigenvalue weighted by Crippen LogP contribution is 2.46. The van der Waals surface area contributed by atoms with Crippen molar-refractivity contribution in [3.63, 3.8) is 0 Å². The minimum absolute atomic E-state index is 0.326. The Balaban J connectivity index is 0.925. The SMILES string of the molecule is C1=CC(c2ccccc2)CC(c2cc(-c3cccc(-c4cccc(-c5cnc6c(n5)c5c(c7ccccc76)CCC=C5)c4)c3)c3sc4ccc(-c5cccc(-c6ccccc6)c5)cc4c3c2)=C1. The zero-order chi connectivity index (χ0) is 44.3. The molecule has 2 nitrogen and oxygen atoms in total. The molecule has 0 radical (unpaired) electrons. The fourth-order valence-electron chi connectivity index (χ4n) is 10.5. The van der Waals surface area contributed by atoms with Crippen LogP contribution < -0.4 is 0 Å². The summed E-state index contributed by atoms with van der Waals surface area (Å²) in [6.45, 7) is 0. The summed E-state index contributed by atoms with van der Waals surface area (Å²) in [5.41, 5.74) is 20.1. The van der Waals surface area contributed by atoms with Gasteiger partial charge in [-0.2, -0.15) is 0 Å². The van der Waals surface area contributed by atoms with E-state index in [-0.39, 0.29) is 0 Å². The fraction of sp³-hybridized carbons (Fsp3) is 0.0625. The van der Waals surface area contributed by atoms with Gasteiger partial charge in [0.15, 0.2) is 0 Å². The Labute approximate surface area is 394 Å². The number of thiophene rings is 1. The van der Waals surface area contributed by atoms with E-state index in [1.54, 1.807) is 0 Å². The van der Waals surface area contributed by atoms with Gasteiger partial charge in [0.2, 0.25) is 0 Å². The van der Waals surface area contributed by atoms with Crippen LogP contribution in [0, 0.1) is 0 Å². The summed E-state index contributed by atoms with van der Waals surface area (Å²) in [4.78, 5) is 10.5. The molecule has 0 amide bonds. The van der Waals surface area contributed by atoms with Crippen LogP contribution in [0.25, 0.3) is 109 Å². The Morgan fingerprint density at radius 1 is 0.493 bits per heavy atom. The van der Waals surface area contributed by atoms with Gasteiger partial charge in [-0.05, 0) is 128 Å². The quantitative estimate of drug-likeness (QED) is 0.149. The zero-order valence-corrected chi connectivity index (χ0v) is 37.7. The fourth-order valence-corrected chi connectivity index (χ4v) is 11.7. The van der Waals surface area contributed by atoms with Gasteiger partial charge in [-0.1, -0.05) is 176 Å². The third-order valence-corrected chi connectivity index (χ3v) is 15.1. The molecule has 0 saturated heterocycles. The monoisotopic (exact) mass is 872 g/mol. The molecule has 3 heteroatoms. The minimum Gasteiger partial charge on any atom is -0.252 e. The molecule has 1 unspecified atom stereocenters. The molecule has 0 aliphatic heterocycles. The lowest BCUT2D eigenvalue weighted by Gasteiger charge is -2.20. The Hall–Kier alpha value is -7.98. The van der Waals surface area contributed by atoms with E-state index in [1.807, 2.05) is 17.5 Å². The molecule has 2 aromatic heterocycles. The van der Waals surface area contributed by atoms with Crippen molar-refractivity contribution in [3.05, 3.63) is 241 Å². The lowest BCUT2D eigenvalue weighted by molar-refractivity contribution is 0.868. The molecule has 1 atom stereocenters. The normalized spacial score (nSPS) is 14.5. The van der Waals surface area contributed by atoms with Crippen molar-refractivity contribution >= 4 is 65.0 Å². The van der Waals surface area contributed by atoms with Gasteiger partial charge in [0.05, 0.1) is 22.9 Å². The first-order valence-corrected chi connectivity index (χ1v) is 24.2. The van der Waals surface area contributed by atoms with Crippen LogP contribution in [0.1, 0.15) is 41.0 Å². The van der Waals surface area contributed by atoms with Gasteiger partial charge in [0.25, 0.3) is 0 Å². The van der Waals surface area contributed by atoms with E-state index in [1.165, 1.54) is 97.7 Å². The number of nitrogens with zero attached hydrogens (tertiary/aromatic N) is 2. The lowest BCUT2D eigenvalue weighted by Crippen LogP contribution is -2.01.